The SMILES string of the molecule is O=C(O)c1cnc2c(-c3cc(F)cc(F)c3F)c(F)ccc2c1NCCOC1CC1. The zero-order valence-corrected chi connectivity index (χ0v) is 15.5. The third-order valence-electron chi connectivity index (χ3n) is 4.76. The van der Waals surface area contributed by atoms with Crippen molar-refractivity contribution in [3.05, 3.63) is 59.3 Å². The lowest BCUT2D eigenvalue weighted by molar-refractivity contribution is 0.0697. The van der Waals surface area contributed by atoms with Gasteiger partial charge < -0.3 is 15.2 Å². The summed E-state index contributed by atoms with van der Waals surface area (Å²) in [4.78, 5) is 15.6. The van der Waals surface area contributed by atoms with Crippen molar-refractivity contribution in [2.45, 2.75) is 18.9 Å². The monoisotopic (exact) mass is 420 g/mol. The Morgan fingerprint density at radius 1 is 1.17 bits per heavy atom. The standard InChI is InChI=1S/C21H16F4N2O3/c22-10-7-13(18(25)16(24)8-10)17-15(23)4-3-12-19(26-5-6-30-11-1-2-11)14(21(28)29)9-27-20(12)17/h3-4,7-9,11H,1-2,5-6H2,(H,26,27)(H,28,29). The summed E-state index contributed by atoms with van der Waals surface area (Å²) >= 11 is 0. The Kier molecular flexibility index (Phi) is 5.29. The van der Waals surface area contributed by atoms with Crippen LogP contribution in [-0.2, 0) is 4.74 Å². The van der Waals surface area contributed by atoms with Crippen molar-refractivity contribution in [3.8, 4) is 11.1 Å². The summed E-state index contributed by atoms with van der Waals surface area (Å²) in [6.45, 7) is 0.594. The number of rotatable bonds is 7. The van der Waals surface area contributed by atoms with E-state index in [0.29, 0.717) is 18.7 Å². The van der Waals surface area contributed by atoms with E-state index < -0.39 is 40.4 Å². The molecular weight excluding hydrogens is 404 g/mol. The average molecular weight is 420 g/mol. The van der Waals surface area contributed by atoms with E-state index in [1.807, 2.05) is 0 Å². The Bertz CT molecular complexity index is 1150. The molecule has 1 saturated carbocycles. The molecule has 0 radical (unpaired) electrons. The lowest BCUT2D eigenvalue weighted by atomic mass is 9.98. The van der Waals surface area contributed by atoms with Crippen LogP contribution in [0, 0.1) is 23.3 Å². The van der Waals surface area contributed by atoms with Crippen LogP contribution in [0.2, 0.25) is 0 Å². The molecule has 30 heavy (non-hydrogen) atoms. The molecule has 2 N–H and O–H groups in total. The second-order valence-corrected chi connectivity index (χ2v) is 6.92. The molecular formula is C21H16F4N2O3. The molecule has 156 valence electrons. The largest absolute Gasteiger partial charge is 0.478 e. The van der Waals surface area contributed by atoms with E-state index in [-0.39, 0.29) is 34.8 Å². The van der Waals surface area contributed by atoms with Gasteiger partial charge in [-0.15, -0.1) is 0 Å². The first-order valence-electron chi connectivity index (χ1n) is 9.21. The second-order valence-electron chi connectivity index (χ2n) is 6.92. The van der Waals surface area contributed by atoms with Gasteiger partial charge >= 0.3 is 5.97 Å². The molecule has 0 unspecified atom stereocenters. The molecule has 0 saturated heterocycles. The van der Waals surface area contributed by atoms with Crippen molar-refractivity contribution < 1.29 is 32.2 Å². The van der Waals surface area contributed by atoms with Gasteiger partial charge in [-0.1, -0.05) is 0 Å². The minimum atomic E-state index is -1.47. The summed E-state index contributed by atoms with van der Waals surface area (Å²) in [5.41, 5.74) is -1.29. The van der Waals surface area contributed by atoms with Gasteiger partial charge in [0.25, 0.3) is 0 Å². The Hall–Kier alpha value is -3.20. The topological polar surface area (TPSA) is 71.5 Å². The minimum Gasteiger partial charge on any atom is -0.478 e. The van der Waals surface area contributed by atoms with Crippen LogP contribution in [0.4, 0.5) is 23.2 Å². The smallest absolute Gasteiger partial charge is 0.339 e. The zero-order valence-electron chi connectivity index (χ0n) is 15.5. The molecule has 3 aromatic rings. The molecule has 0 aliphatic heterocycles. The lowest BCUT2D eigenvalue weighted by Crippen LogP contribution is -2.14. The molecule has 2 aromatic carbocycles. The highest BCUT2D eigenvalue weighted by atomic mass is 19.2. The van der Waals surface area contributed by atoms with Crippen LogP contribution in [0.1, 0.15) is 23.2 Å². The van der Waals surface area contributed by atoms with Gasteiger partial charge in [0.05, 0.1) is 23.9 Å². The maximum Gasteiger partial charge on any atom is 0.339 e. The van der Waals surface area contributed by atoms with Crippen LogP contribution in [0.3, 0.4) is 0 Å². The molecule has 9 heteroatoms. The van der Waals surface area contributed by atoms with Gasteiger partial charge in [0.15, 0.2) is 11.6 Å². The van der Waals surface area contributed by atoms with E-state index in [9.17, 15) is 27.5 Å². The number of pyridine rings is 1. The molecule has 1 aromatic heterocycles. The third kappa shape index (κ3) is 3.80. The molecule has 4 rings (SSSR count). The van der Waals surface area contributed by atoms with Gasteiger partial charge in [0.2, 0.25) is 0 Å². The number of aromatic nitrogens is 1. The number of carbonyl (C=O) groups is 1. The van der Waals surface area contributed by atoms with Crippen LogP contribution >= 0.6 is 0 Å². The summed E-state index contributed by atoms with van der Waals surface area (Å²) in [5.74, 6) is -6.22. The number of nitrogens with one attached hydrogen (secondary N) is 1. The summed E-state index contributed by atoms with van der Waals surface area (Å²) in [6, 6.07) is 3.27. The van der Waals surface area contributed by atoms with Gasteiger partial charge in [0, 0.05) is 35.3 Å². The highest BCUT2D eigenvalue weighted by Crippen LogP contribution is 2.37. The fourth-order valence-electron chi connectivity index (χ4n) is 3.22. The predicted octanol–water partition coefficient (Wildman–Crippen LogP) is 4.75. The summed E-state index contributed by atoms with van der Waals surface area (Å²) in [5, 5.41) is 12.6. The first kappa shape index (κ1) is 20.1. The molecule has 1 fully saturated rings. The Morgan fingerprint density at radius 3 is 2.63 bits per heavy atom. The number of carboxylic acid groups (broad SMARTS) is 1. The number of hydrogen-bond donors (Lipinski definition) is 2. The summed E-state index contributed by atoms with van der Waals surface area (Å²) in [6.07, 6.45) is 3.17. The van der Waals surface area contributed by atoms with Crippen LogP contribution in [0.25, 0.3) is 22.0 Å². The maximum atomic E-state index is 14.6. The van der Waals surface area contributed by atoms with Gasteiger partial charge in [-0.2, -0.15) is 0 Å². The van der Waals surface area contributed by atoms with Crippen molar-refractivity contribution in [1.82, 2.24) is 4.98 Å². The van der Waals surface area contributed by atoms with Crippen molar-refractivity contribution in [1.29, 1.82) is 0 Å². The van der Waals surface area contributed by atoms with E-state index in [1.54, 1.807) is 0 Å². The number of halogens is 4. The Balaban J connectivity index is 1.85. The molecule has 1 aliphatic carbocycles. The van der Waals surface area contributed by atoms with Gasteiger partial charge in [0.1, 0.15) is 17.2 Å². The number of hydrogen-bond acceptors (Lipinski definition) is 4. The quantitative estimate of drug-likeness (QED) is 0.328. The average Bonchev–Trinajstić information content (AvgIpc) is 3.52. The number of nitrogens with zero attached hydrogens (tertiary/aromatic N) is 1. The molecule has 0 spiro atoms. The number of anilines is 1. The van der Waals surface area contributed by atoms with Crippen molar-refractivity contribution in [3.63, 3.8) is 0 Å². The van der Waals surface area contributed by atoms with Gasteiger partial charge in [-0.3, -0.25) is 4.98 Å². The highest BCUT2D eigenvalue weighted by Gasteiger charge is 2.24. The fraction of sp³-hybridized carbons (Fsp3) is 0.238. The number of aromatic carboxylic acids is 1. The van der Waals surface area contributed by atoms with E-state index >= 15 is 0 Å². The Morgan fingerprint density at radius 2 is 1.93 bits per heavy atom. The number of benzene rings is 2. The second kappa shape index (κ2) is 7.91. The first-order valence-corrected chi connectivity index (χ1v) is 9.21. The van der Waals surface area contributed by atoms with Crippen molar-refractivity contribution in [2.75, 3.05) is 18.5 Å². The van der Waals surface area contributed by atoms with Crippen molar-refractivity contribution in [2.24, 2.45) is 0 Å². The number of ether oxygens (including phenoxy) is 1. The van der Waals surface area contributed by atoms with Crippen LogP contribution in [0.15, 0.2) is 30.5 Å². The van der Waals surface area contributed by atoms with E-state index in [4.69, 9.17) is 4.74 Å². The zero-order chi connectivity index (χ0) is 21.4. The minimum absolute atomic E-state index is 0.130. The summed E-state index contributed by atoms with van der Waals surface area (Å²) < 4.78 is 61.9. The number of carboxylic acids is 1. The molecule has 0 bridgehead atoms. The van der Waals surface area contributed by atoms with Gasteiger partial charge in [-0.05, 0) is 31.0 Å². The van der Waals surface area contributed by atoms with E-state index in [0.717, 1.165) is 25.1 Å². The lowest BCUT2D eigenvalue weighted by Gasteiger charge is -2.15. The Labute approximate surface area is 168 Å². The number of fused-ring (bicyclic) bond motifs is 1. The fourth-order valence-corrected chi connectivity index (χ4v) is 3.22. The molecule has 1 aliphatic rings. The predicted molar refractivity (Wildman–Crippen MR) is 101 cm³/mol. The van der Waals surface area contributed by atoms with Crippen molar-refractivity contribution >= 4 is 22.6 Å². The maximum absolute atomic E-state index is 14.6. The van der Waals surface area contributed by atoms with E-state index in [1.165, 1.54) is 6.07 Å². The first-order chi connectivity index (χ1) is 14.4. The molecule has 5 nitrogen and oxygen atoms in total. The van der Waals surface area contributed by atoms with E-state index in [2.05, 4.69) is 10.3 Å². The highest BCUT2D eigenvalue weighted by molar-refractivity contribution is 6.08. The van der Waals surface area contributed by atoms with Gasteiger partial charge in [-0.25, -0.2) is 22.4 Å². The molecule has 1 heterocycles. The molecule has 0 atom stereocenters. The summed E-state index contributed by atoms with van der Waals surface area (Å²) in [7, 11) is 0. The van der Waals surface area contributed by atoms with Crippen LogP contribution in [-0.4, -0.2) is 35.3 Å². The molecule has 0 amide bonds. The van der Waals surface area contributed by atoms with Crippen LogP contribution in [0.5, 0.6) is 0 Å². The third-order valence-corrected chi connectivity index (χ3v) is 4.76. The normalized spacial score (nSPS) is 13.6. The van der Waals surface area contributed by atoms with Crippen LogP contribution < -0.4 is 5.32 Å².